The molecule has 32 heavy (non-hydrogen) atoms. The number of methoxy groups -OCH3 is 2. The molecule has 0 saturated carbocycles. The van der Waals surface area contributed by atoms with Gasteiger partial charge in [0.25, 0.3) is 0 Å². The molecule has 0 radical (unpaired) electrons. The predicted molar refractivity (Wildman–Crippen MR) is 116 cm³/mol. The molecular formula is C23H19ClN2O6. The van der Waals surface area contributed by atoms with E-state index in [0.717, 1.165) is 5.56 Å². The number of hydrogen-bond acceptors (Lipinski definition) is 8. The number of rotatable bonds is 7. The highest BCUT2D eigenvalue weighted by molar-refractivity contribution is 6.33. The Labute approximate surface area is 188 Å². The molecule has 0 aliphatic heterocycles. The lowest BCUT2D eigenvalue weighted by Crippen LogP contribution is -2.07. The quantitative estimate of drug-likeness (QED) is 0.345. The van der Waals surface area contributed by atoms with Crippen molar-refractivity contribution in [1.29, 1.82) is 0 Å². The van der Waals surface area contributed by atoms with Gasteiger partial charge in [0.2, 0.25) is 0 Å². The van der Waals surface area contributed by atoms with Crippen LogP contribution in [0.2, 0.25) is 5.02 Å². The standard InChI is InChI=1S/C23H19ClN2O6/c1-13-21(22(26-31-13)16-6-4-5-7-17(16)24)23(27)30-12-15-11-19(32-25-15)14-8-9-18(28-2)20(10-14)29-3/h4-11H,12H2,1-3H3. The minimum Gasteiger partial charge on any atom is -0.493 e. The van der Waals surface area contributed by atoms with Crippen molar-refractivity contribution in [2.24, 2.45) is 0 Å². The van der Waals surface area contributed by atoms with Crippen molar-refractivity contribution in [2.45, 2.75) is 13.5 Å². The number of hydrogen-bond donors (Lipinski definition) is 0. The first kappa shape index (κ1) is 21.5. The Morgan fingerprint density at radius 3 is 2.53 bits per heavy atom. The summed E-state index contributed by atoms with van der Waals surface area (Å²) in [6.07, 6.45) is 0. The molecule has 2 aromatic carbocycles. The Kier molecular flexibility index (Phi) is 6.13. The Morgan fingerprint density at radius 2 is 1.78 bits per heavy atom. The van der Waals surface area contributed by atoms with E-state index in [4.69, 9.17) is 34.9 Å². The first-order valence-corrected chi connectivity index (χ1v) is 9.96. The third kappa shape index (κ3) is 4.17. The molecule has 0 atom stereocenters. The molecule has 164 valence electrons. The number of nitrogens with zero attached hydrogens (tertiary/aromatic N) is 2. The zero-order chi connectivity index (χ0) is 22.7. The maximum Gasteiger partial charge on any atom is 0.344 e. The van der Waals surface area contributed by atoms with Crippen molar-refractivity contribution in [3.8, 4) is 34.1 Å². The van der Waals surface area contributed by atoms with Crippen molar-refractivity contribution in [3.05, 3.63) is 70.6 Å². The fraction of sp³-hybridized carbons (Fsp3) is 0.174. The van der Waals surface area contributed by atoms with Crippen molar-refractivity contribution in [2.75, 3.05) is 14.2 Å². The molecule has 0 aliphatic carbocycles. The number of ether oxygens (including phenoxy) is 3. The van der Waals surface area contributed by atoms with Gasteiger partial charge in [-0.15, -0.1) is 0 Å². The molecule has 0 aliphatic rings. The van der Waals surface area contributed by atoms with E-state index in [9.17, 15) is 4.79 Å². The largest absolute Gasteiger partial charge is 0.493 e. The van der Waals surface area contributed by atoms with Gasteiger partial charge in [0.1, 0.15) is 29.3 Å². The summed E-state index contributed by atoms with van der Waals surface area (Å²) in [6, 6.07) is 14.1. The summed E-state index contributed by atoms with van der Waals surface area (Å²) < 4.78 is 26.6. The summed E-state index contributed by atoms with van der Waals surface area (Å²) in [5, 5.41) is 8.41. The first-order valence-electron chi connectivity index (χ1n) is 9.58. The third-order valence-corrected chi connectivity index (χ3v) is 5.10. The van der Waals surface area contributed by atoms with Crippen LogP contribution in [-0.2, 0) is 11.3 Å². The van der Waals surface area contributed by atoms with Gasteiger partial charge in [-0.05, 0) is 31.2 Å². The van der Waals surface area contributed by atoms with E-state index in [-0.39, 0.29) is 12.2 Å². The number of aromatic nitrogens is 2. The molecule has 4 rings (SSSR count). The van der Waals surface area contributed by atoms with Crippen LogP contribution < -0.4 is 9.47 Å². The van der Waals surface area contributed by atoms with Crippen molar-refractivity contribution in [1.82, 2.24) is 10.3 Å². The van der Waals surface area contributed by atoms with Crippen LogP contribution in [-0.4, -0.2) is 30.5 Å². The Hall–Kier alpha value is -3.78. The molecule has 0 spiro atoms. The number of halogens is 1. The number of benzene rings is 2. The fourth-order valence-electron chi connectivity index (χ4n) is 3.17. The van der Waals surface area contributed by atoms with Crippen LogP contribution in [0.15, 0.2) is 57.6 Å². The minimum atomic E-state index is -0.602. The molecule has 9 heteroatoms. The molecular weight excluding hydrogens is 436 g/mol. The summed E-state index contributed by atoms with van der Waals surface area (Å²) in [4.78, 5) is 12.8. The normalized spacial score (nSPS) is 10.8. The average Bonchev–Trinajstić information content (AvgIpc) is 3.44. The van der Waals surface area contributed by atoms with Crippen LogP contribution in [0.3, 0.4) is 0 Å². The summed E-state index contributed by atoms with van der Waals surface area (Å²) in [6.45, 7) is 1.54. The van der Waals surface area contributed by atoms with E-state index in [1.807, 2.05) is 6.07 Å². The molecule has 2 aromatic heterocycles. The monoisotopic (exact) mass is 454 g/mol. The lowest BCUT2D eigenvalue weighted by Gasteiger charge is -2.07. The fourth-order valence-corrected chi connectivity index (χ4v) is 3.39. The van der Waals surface area contributed by atoms with Crippen LogP contribution in [0.25, 0.3) is 22.6 Å². The summed E-state index contributed by atoms with van der Waals surface area (Å²) in [5.41, 5.74) is 2.29. The van der Waals surface area contributed by atoms with Crippen molar-refractivity contribution >= 4 is 17.6 Å². The van der Waals surface area contributed by atoms with E-state index < -0.39 is 5.97 Å². The number of carbonyl (C=O) groups is 1. The van der Waals surface area contributed by atoms with E-state index in [0.29, 0.717) is 45.0 Å². The Bertz CT molecular complexity index is 1260. The average molecular weight is 455 g/mol. The third-order valence-electron chi connectivity index (χ3n) is 4.77. The van der Waals surface area contributed by atoms with Gasteiger partial charge in [0, 0.05) is 17.2 Å². The van der Waals surface area contributed by atoms with Crippen LogP contribution in [0.1, 0.15) is 21.8 Å². The van der Waals surface area contributed by atoms with Crippen LogP contribution in [0, 0.1) is 6.92 Å². The van der Waals surface area contributed by atoms with Gasteiger partial charge >= 0.3 is 5.97 Å². The van der Waals surface area contributed by atoms with Crippen LogP contribution >= 0.6 is 11.6 Å². The topological polar surface area (TPSA) is 96.8 Å². The molecule has 4 aromatic rings. The van der Waals surface area contributed by atoms with Gasteiger partial charge < -0.3 is 23.3 Å². The molecule has 2 heterocycles. The highest BCUT2D eigenvalue weighted by atomic mass is 35.5. The highest BCUT2D eigenvalue weighted by Gasteiger charge is 2.24. The molecule has 0 amide bonds. The highest BCUT2D eigenvalue weighted by Crippen LogP contribution is 2.33. The molecule has 0 N–H and O–H groups in total. The van der Waals surface area contributed by atoms with E-state index in [2.05, 4.69) is 10.3 Å². The van der Waals surface area contributed by atoms with Crippen LogP contribution in [0.5, 0.6) is 11.5 Å². The predicted octanol–water partition coefficient (Wildman–Crippen LogP) is 5.33. The van der Waals surface area contributed by atoms with Crippen molar-refractivity contribution in [3.63, 3.8) is 0 Å². The lowest BCUT2D eigenvalue weighted by molar-refractivity contribution is 0.0463. The summed E-state index contributed by atoms with van der Waals surface area (Å²) >= 11 is 6.25. The zero-order valence-electron chi connectivity index (χ0n) is 17.5. The second-order valence-corrected chi connectivity index (χ2v) is 7.18. The molecule has 8 nitrogen and oxygen atoms in total. The van der Waals surface area contributed by atoms with E-state index in [1.165, 1.54) is 0 Å². The lowest BCUT2D eigenvalue weighted by atomic mass is 10.1. The summed E-state index contributed by atoms with van der Waals surface area (Å²) in [5.74, 6) is 1.38. The first-order chi connectivity index (χ1) is 15.5. The van der Waals surface area contributed by atoms with Crippen molar-refractivity contribution < 1.29 is 28.1 Å². The van der Waals surface area contributed by atoms with Crippen LogP contribution in [0.4, 0.5) is 0 Å². The smallest absolute Gasteiger partial charge is 0.344 e. The zero-order valence-corrected chi connectivity index (χ0v) is 18.3. The van der Waals surface area contributed by atoms with Gasteiger partial charge in [-0.2, -0.15) is 0 Å². The van der Waals surface area contributed by atoms with Gasteiger partial charge in [0.15, 0.2) is 17.3 Å². The molecule has 0 fully saturated rings. The molecule has 0 bridgehead atoms. The SMILES string of the molecule is COc1ccc(-c2cc(COC(=O)c3c(-c4ccccc4Cl)noc3C)no2)cc1OC. The van der Waals surface area contributed by atoms with Gasteiger partial charge in [-0.3, -0.25) is 0 Å². The summed E-state index contributed by atoms with van der Waals surface area (Å²) in [7, 11) is 3.11. The number of carbonyl (C=O) groups excluding carboxylic acids is 1. The van der Waals surface area contributed by atoms with Gasteiger partial charge in [0.05, 0.1) is 19.2 Å². The Morgan fingerprint density at radius 1 is 1.00 bits per heavy atom. The van der Waals surface area contributed by atoms with Gasteiger partial charge in [-0.25, -0.2) is 4.79 Å². The minimum absolute atomic E-state index is 0.0950. The van der Waals surface area contributed by atoms with E-state index >= 15 is 0 Å². The Balaban J connectivity index is 1.50. The second kappa shape index (κ2) is 9.15. The second-order valence-electron chi connectivity index (χ2n) is 6.77. The molecule has 0 unspecified atom stereocenters. The molecule has 0 saturated heterocycles. The number of aryl methyl sites for hydroxylation is 1. The van der Waals surface area contributed by atoms with Gasteiger partial charge in [-0.1, -0.05) is 40.1 Å². The van der Waals surface area contributed by atoms with E-state index in [1.54, 1.807) is 63.6 Å². The number of esters is 1. The maximum atomic E-state index is 12.8. The maximum absolute atomic E-state index is 12.8.